The molecule has 1 aromatic rings. The summed E-state index contributed by atoms with van der Waals surface area (Å²) < 4.78 is 26.0. The maximum absolute atomic E-state index is 13.0. The molecule has 1 amide bonds. The van der Waals surface area contributed by atoms with Crippen molar-refractivity contribution in [2.45, 2.75) is 12.3 Å². The molecule has 0 saturated carbocycles. The Hall–Kier alpha value is -1.45. The van der Waals surface area contributed by atoms with Crippen molar-refractivity contribution in [2.24, 2.45) is 5.73 Å². The Balaban J connectivity index is 2.63. The van der Waals surface area contributed by atoms with E-state index in [0.717, 1.165) is 0 Å². The number of hydrogen-bond acceptors (Lipinski definition) is 1. The molecule has 2 N–H and O–H groups in total. The number of benzene rings is 1. The molecular weight excluding hydrogens is 188 g/mol. The predicted octanol–water partition coefficient (Wildman–Crippen LogP) is 1.55. The van der Waals surface area contributed by atoms with Gasteiger partial charge < -0.3 is 5.73 Å². The van der Waals surface area contributed by atoms with E-state index < -0.39 is 18.3 Å². The first-order valence-corrected chi connectivity index (χ1v) is 4.07. The van der Waals surface area contributed by atoms with Crippen LogP contribution in [0.4, 0.5) is 8.78 Å². The van der Waals surface area contributed by atoms with Gasteiger partial charge in [0.25, 0.3) is 5.92 Å². The third kappa shape index (κ3) is 3.51. The van der Waals surface area contributed by atoms with Crippen LogP contribution in [-0.4, -0.2) is 11.8 Å². The van der Waals surface area contributed by atoms with Crippen molar-refractivity contribution in [2.75, 3.05) is 0 Å². The number of amides is 1. The van der Waals surface area contributed by atoms with E-state index in [4.69, 9.17) is 0 Å². The van der Waals surface area contributed by atoms with E-state index in [2.05, 4.69) is 5.73 Å². The summed E-state index contributed by atoms with van der Waals surface area (Å²) in [5, 5.41) is 0. The Morgan fingerprint density at radius 2 is 1.93 bits per heavy atom. The summed E-state index contributed by atoms with van der Waals surface area (Å²) in [6.07, 6.45) is -0.267. The number of rotatable bonds is 4. The minimum Gasteiger partial charge on any atom is -0.369 e. The summed E-state index contributed by atoms with van der Waals surface area (Å²) in [6, 6.07) is 8.20. The first kappa shape index (κ1) is 10.6. The smallest absolute Gasteiger partial charge is 0.264 e. The fraction of sp³-hybridized carbons (Fsp3) is 0.200. The molecule has 2 nitrogen and oxygen atoms in total. The fourth-order valence-electron chi connectivity index (χ4n) is 1.13. The second-order valence-corrected chi connectivity index (χ2v) is 2.97. The zero-order valence-corrected chi connectivity index (χ0v) is 7.41. The highest BCUT2D eigenvalue weighted by molar-refractivity contribution is 5.84. The molecule has 0 aromatic heterocycles. The van der Waals surface area contributed by atoms with Gasteiger partial charge in [0.15, 0.2) is 0 Å². The third-order valence-corrected chi connectivity index (χ3v) is 1.64. The highest BCUT2D eigenvalue weighted by atomic mass is 19.3. The van der Waals surface area contributed by atoms with Gasteiger partial charge in [0.05, 0.1) is 0 Å². The van der Waals surface area contributed by atoms with Crippen LogP contribution in [0.1, 0.15) is 5.56 Å². The Morgan fingerprint density at radius 1 is 1.36 bits per heavy atom. The number of halogens is 2. The molecular formula is C10H10F2NO. The number of alkyl halides is 2. The van der Waals surface area contributed by atoms with Crippen molar-refractivity contribution in [3.8, 4) is 0 Å². The number of hydrogen-bond donors (Lipinski definition) is 1. The molecule has 0 saturated heterocycles. The highest BCUT2D eigenvalue weighted by Crippen LogP contribution is 2.22. The molecule has 0 aliphatic rings. The van der Waals surface area contributed by atoms with Crippen molar-refractivity contribution in [1.82, 2.24) is 0 Å². The lowest BCUT2D eigenvalue weighted by Crippen LogP contribution is -2.28. The van der Waals surface area contributed by atoms with Gasteiger partial charge in [-0.25, -0.2) is 8.78 Å². The molecule has 0 spiro atoms. The van der Waals surface area contributed by atoms with E-state index >= 15 is 0 Å². The first-order valence-electron chi connectivity index (χ1n) is 4.07. The summed E-state index contributed by atoms with van der Waals surface area (Å²) in [6.45, 7) is 0. The highest BCUT2D eigenvalue weighted by Gasteiger charge is 2.31. The molecule has 1 radical (unpaired) electrons. The van der Waals surface area contributed by atoms with Crippen LogP contribution in [0.15, 0.2) is 30.3 Å². The molecule has 0 bridgehead atoms. The summed E-state index contributed by atoms with van der Waals surface area (Å²) in [4.78, 5) is 10.3. The van der Waals surface area contributed by atoms with E-state index in [-0.39, 0.29) is 6.42 Å². The largest absolute Gasteiger partial charge is 0.369 e. The lowest BCUT2D eigenvalue weighted by Gasteiger charge is -2.13. The van der Waals surface area contributed by atoms with E-state index in [1.165, 1.54) is 0 Å². The van der Waals surface area contributed by atoms with Crippen molar-refractivity contribution in [3.05, 3.63) is 42.3 Å². The van der Waals surface area contributed by atoms with Gasteiger partial charge in [0.1, 0.15) is 6.42 Å². The number of primary amides is 1. The average Bonchev–Trinajstić information content (AvgIpc) is 2.02. The minimum atomic E-state index is -3.17. The monoisotopic (exact) mass is 198 g/mol. The predicted molar refractivity (Wildman–Crippen MR) is 48.6 cm³/mol. The Kier molecular flexibility index (Phi) is 3.17. The van der Waals surface area contributed by atoms with Crippen molar-refractivity contribution < 1.29 is 13.6 Å². The molecule has 4 heteroatoms. The molecule has 75 valence electrons. The molecule has 0 atom stereocenters. The molecule has 0 unspecified atom stereocenters. The van der Waals surface area contributed by atoms with E-state index in [1.807, 2.05) is 0 Å². The molecule has 0 heterocycles. The van der Waals surface area contributed by atoms with Gasteiger partial charge >= 0.3 is 0 Å². The van der Waals surface area contributed by atoms with Crippen LogP contribution >= 0.6 is 0 Å². The van der Waals surface area contributed by atoms with Crippen LogP contribution in [0.2, 0.25) is 0 Å². The lowest BCUT2D eigenvalue weighted by molar-refractivity contribution is -0.118. The molecule has 14 heavy (non-hydrogen) atoms. The zero-order chi connectivity index (χ0) is 10.6. The number of nitrogens with two attached hydrogens (primary N) is 1. The van der Waals surface area contributed by atoms with Gasteiger partial charge in [-0.15, -0.1) is 0 Å². The van der Waals surface area contributed by atoms with Crippen LogP contribution in [0, 0.1) is 6.42 Å². The first-order chi connectivity index (χ1) is 6.49. The quantitative estimate of drug-likeness (QED) is 0.783. The average molecular weight is 198 g/mol. The van der Waals surface area contributed by atoms with Crippen LogP contribution in [0.25, 0.3) is 0 Å². The molecule has 0 fully saturated rings. The SMILES string of the molecule is NC(=O)[CH]C(F)(F)Cc1ccccc1. The van der Waals surface area contributed by atoms with Crippen LogP contribution in [-0.2, 0) is 11.2 Å². The van der Waals surface area contributed by atoms with Crippen molar-refractivity contribution in [1.29, 1.82) is 0 Å². The number of carbonyl (C=O) groups is 1. The molecule has 1 rings (SSSR count). The summed E-state index contributed by atoms with van der Waals surface area (Å²) in [7, 11) is 0. The summed E-state index contributed by atoms with van der Waals surface area (Å²) >= 11 is 0. The van der Waals surface area contributed by atoms with Gasteiger partial charge in [-0.3, -0.25) is 4.79 Å². The van der Waals surface area contributed by atoms with E-state index in [1.54, 1.807) is 30.3 Å². The molecule has 0 aliphatic carbocycles. The maximum Gasteiger partial charge on any atom is 0.264 e. The maximum atomic E-state index is 13.0. The normalized spacial score (nSPS) is 11.3. The van der Waals surface area contributed by atoms with Gasteiger partial charge in [-0.2, -0.15) is 0 Å². The van der Waals surface area contributed by atoms with E-state index in [0.29, 0.717) is 5.56 Å². The summed E-state index contributed by atoms with van der Waals surface area (Å²) in [5.41, 5.74) is 5.13. The lowest BCUT2D eigenvalue weighted by atomic mass is 10.0. The van der Waals surface area contributed by atoms with Crippen LogP contribution in [0.3, 0.4) is 0 Å². The van der Waals surface area contributed by atoms with Crippen LogP contribution in [0.5, 0.6) is 0 Å². The van der Waals surface area contributed by atoms with E-state index in [9.17, 15) is 13.6 Å². The van der Waals surface area contributed by atoms with Gasteiger partial charge in [-0.1, -0.05) is 30.3 Å². The third-order valence-electron chi connectivity index (χ3n) is 1.64. The zero-order valence-electron chi connectivity index (χ0n) is 7.41. The van der Waals surface area contributed by atoms with Crippen molar-refractivity contribution in [3.63, 3.8) is 0 Å². The second kappa shape index (κ2) is 4.17. The van der Waals surface area contributed by atoms with Crippen molar-refractivity contribution >= 4 is 5.91 Å². The van der Waals surface area contributed by atoms with Gasteiger partial charge in [0.2, 0.25) is 5.91 Å². The number of carbonyl (C=O) groups excluding carboxylic acids is 1. The minimum absolute atomic E-state index is 0.236. The van der Waals surface area contributed by atoms with Gasteiger partial charge in [-0.05, 0) is 5.56 Å². The topological polar surface area (TPSA) is 43.1 Å². The Morgan fingerprint density at radius 3 is 2.43 bits per heavy atom. The Bertz CT molecular complexity index is 311. The Labute approximate surface area is 80.7 Å². The van der Waals surface area contributed by atoms with Crippen LogP contribution < -0.4 is 5.73 Å². The molecule has 0 aliphatic heterocycles. The van der Waals surface area contributed by atoms with Gasteiger partial charge in [0, 0.05) is 6.42 Å². The standard InChI is InChI=1S/C10H10F2NO/c11-10(12,7-9(13)14)6-8-4-2-1-3-5-8/h1-5,7H,6H2,(H2,13,14). The summed E-state index contributed by atoms with van der Waals surface area (Å²) in [5.74, 6) is -4.28. The molecule has 1 aromatic carbocycles. The second-order valence-electron chi connectivity index (χ2n) is 2.97. The fourth-order valence-corrected chi connectivity index (χ4v) is 1.13.